The van der Waals surface area contributed by atoms with Crippen LogP contribution in [0.2, 0.25) is 5.02 Å². The van der Waals surface area contributed by atoms with E-state index < -0.39 is 0 Å². The maximum Gasteiger partial charge on any atom is 0.258 e. The van der Waals surface area contributed by atoms with Crippen molar-refractivity contribution in [1.29, 1.82) is 0 Å². The van der Waals surface area contributed by atoms with Crippen LogP contribution in [-0.2, 0) is 11.2 Å². The lowest BCUT2D eigenvalue weighted by Crippen LogP contribution is -2.38. The van der Waals surface area contributed by atoms with E-state index in [1.54, 1.807) is 40.4 Å². The number of aliphatic hydroxyl groups is 1. The topological polar surface area (TPSA) is 73.7 Å². The molecule has 3 heterocycles. The first-order chi connectivity index (χ1) is 12.6. The number of hydrogen-bond acceptors (Lipinski definition) is 4. The van der Waals surface area contributed by atoms with Gasteiger partial charge in [-0.15, -0.1) is 0 Å². The standard InChI is InChI=1S/C19H18ClN3O3/c20-13-1-3-17-12(7-13)5-6-22(19(17)26)15-8-16(10-21-9-15)23-14(11-24)2-4-18(23)25/h1,3,7-10,14,24H,2,4-6,11H2/t14-/m0/s1. The SMILES string of the molecule is O=C1c2ccc(Cl)cc2CCN1c1cncc(N2C(=O)CC[C@H]2CO)c1. The van der Waals surface area contributed by atoms with E-state index in [-0.39, 0.29) is 24.5 Å². The van der Waals surface area contributed by atoms with Crippen molar-refractivity contribution in [3.8, 4) is 0 Å². The predicted molar refractivity (Wildman–Crippen MR) is 98.7 cm³/mol. The van der Waals surface area contributed by atoms with Crippen molar-refractivity contribution >= 4 is 34.8 Å². The lowest BCUT2D eigenvalue weighted by atomic mass is 9.99. The number of carbonyl (C=O) groups excluding carboxylic acids is 2. The summed E-state index contributed by atoms with van der Waals surface area (Å²) in [5.41, 5.74) is 2.83. The van der Waals surface area contributed by atoms with Crippen molar-refractivity contribution in [2.24, 2.45) is 0 Å². The zero-order chi connectivity index (χ0) is 18.3. The summed E-state index contributed by atoms with van der Waals surface area (Å²) in [7, 11) is 0. The lowest BCUT2D eigenvalue weighted by Gasteiger charge is -2.30. The monoisotopic (exact) mass is 371 g/mol. The minimum atomic E-state index is -0.237. The molecule has 1 N–H and O–H groups in total. The molecule has 2 aromatic rings. The van der Waals surface area contributed by atoms with E-state index >= 15 is 0 Å². The fraction of sp³-hybridized carbons (Fsp3) is 0.316. The minimum absolute atomic E-state index is 0.0343. The fourth-order valence-corrected chi connectivity index (χ4v) is 3.86. The smallest absolute Gasteiger partial charge is 0.258 e. The number of anilines is 2. The van der Waals surface area contributed by atoms with Crippen LogP contribution in [0.25, 0.3) is 0 Å². The second kappa shape index (κ2) is 6.70. The first-order valence-corrected chi connectivity index (χ1v) is 8.94. The third kappa shape index (κ3) is 2.85. The first kappa shape index (κ1) is 17.0. The quantitative estimate of drug-likeness (QED) is 0.899. The molecule has 1 atom stereocenters. The van der Waals surface area contributed by atoms with Gasteiger partial charge in [0.1, 0.15) is 0 Å². The molecule has 6 nitrogen and oxygen atoms in total. The highest BCUT2D eigenvalue weighted by Gasteiger charge is 2.33. The molecule has 1 aromatic carbocycles. The van der Waals surface area contributed by atoms with Crippen LogP contribution >= 0.6 is 11.6 Å². The third-order valence-electron chi connectivity index (χ3n) is 4.98. The van der Waals surface area contributed by atoms with Crippen LogP contribution in [-0.4, -0.2) is 41.1 Å². The van der Waals surface area contributed by atoms with E-state index in [1.165, 1.54) is 0 Å². The number of pyridine rings is 1. The van der Waals surface area contributed by atoms with Gasteiger partial charge in [-0.3, -0.25) is 14.6 Å². The molecular formula is C19H18ClN3O3. The Morgan fingerprint density at radius 3 is 2.77 bits per heavy atom. The molecular weight excluding hydrogens is 354 g/mol. The van der Waals surface area contributed by atoms with E-state index in [2.05, 4.69) is 4.98 Å². The predicted octanol–water partition coefficient (Wildman–Crippen LogP) is 2.43. The number of benzene rings is 1. The number of aromatic nitrogens is 1. The Morgan fingerprint density at radius 2 is 1.96 bits per heavy atom. The van der Waals surface area contributed by atoms with Crippen molar-refractivity contribution in [2.75, 3.05) is 23.0 Å². The van der Waals surface area contributed by atoms with E-state index in [1.807, 2.05) is 6.07 Å². The molecule has 0 saturated carbocycles. The molecule has 2 aliphatic heterocycles. The Balaban J connectivity index is 1.66. The van der Waals surface area contributed by atoms with Crippen LogP contribution in [0, 0.1) is 0 Å². The molecule has 2 amide bonds. The molecule has 0 unspecified atom stereocenters. The molecule has 0 aliphatic carbocycles. The Bertz CT molecular complexity index is 886. The molecule has 7 heteroatoms. The Kier molecular flexibility index (Phi) is 4.38. The number of carbonyl (C=O) groups is 2. The average molecular weight is 372 g/mol. The molecule has 134 valence electrons. The van der Waals surface area contributed by atoms with Gasteiger partial charge in [0.05, 0.1) is 36.4 Å². The van der Waals surface area contributed by atoms with Crippen molar-refractivity contribution in [2.45, 2.75) is 25.3 Å². The number of amides is 2. The largest absolute Gasteiger partial charge is 0.394 e. The summed E-state index contributed by atoms with van der Waals surface area (Å²) >= 11 is 6.02. The van der Waals surface area contributed by atoms with Crippen LogP contribution in [0.1, 0.15) is 28.8 Å². The molecule has 0 spiro atoms. The van der Waals surface area contributed by atoms with Gasteiger partial charge in [-0.1, -0.05) is 11.6 Å². The molecule has 1 fully saturated rings. The van der Waals surface area contributed by atoms with Crippen LogP contribution in [0.5, 0.6) is 0 Å². The number of halogens is 1. The number of nitrogens with zero attached hydrogens (tertiary/aromatic N) is 3. The molecule has 2 aliphatic rings. The van der Waals surface area contributed by atoms with Crippen molar-refractivity contribution in [3.05, 3.63) is 52.8 Å². The molecule has 26 heavy (non-hydrogen) atoms. The Hall–Kier alpha value is -2.44. The zero-order valence-electron chi connectivity index (χ0n) is 14.1. The van der Waals surface area contributed by atoms with Crippen LogP contribution in [0.3, 0.4) is 0 Å². The maximum atomic E-state index is 12.9. The van der Waals surface area contributed by atoms with E-state index in [0.29, 0.717) is 47.8 Å². The summed E-state index contributed by atoms with van der Waals surface area (Å²) in [6.07, 6.45) is 4.95. The highest BCUT2D eigenvalue weighted by molar-refractivity contribution is 6.30. The summed E-state index contributed by atoms with van der Waals surface area (Å²) in [4.78, 5) is 32.5. The van der Waals surface area contributed by atoms with Gasteiger partial charge in [-0.05, 0) is 42.7 Å². The van der Waals surface area contributed by atoms with Gasteiger partial charge in [0.15, 0.2) is 0 Å². The van der Waals surface area contributed by atoms with Gasteiger partial charge in [0, 0.05) is 23.6 Å². The first-order valence-electron chi connectivity index (χ1n) is 8.57. The average Bonchev–Trinajstić information content (AvgIpc) is 3.02. The maximum absolute atomic E-state index is 12.9. The zero-order valence-corrected chi connectivity index (χ0v) is 14.8. The summed E-state index contributed by atoms with van der Waals surface area (Å²) in [6.45, 7) is 0.432. The molecule has 0 radical (unpaired) electrons. The Labute approximate surface area is 156 Å². The van der Waals surface area contributed by atoms with E-state index in [9.17, 15) is 14.7 Å². The fourth-order valence-electron chi connectivity index (χ4n) is 3.67. The van der Waals surface area contributed by atoms with Crippen molar-refractivity contribution in [1.82, 2.24) is 4.98 Å². The highest BCUT2D eigenvalue weighted by atomic mass is 35.5. The van der Waals surface area contributed by atoms with Gasteiger partial charge >= 0.3 is 0 Å². The summed E-state index contributed by atoms with van der Waals surface area (Å²) in [6, 6.07) is 6.84. The van der Waals surface area contributed by atoms with Crippen molar-refractivity contribution in [3.63, 3.8) is 0 Å². The van der Waals surface area contributed by atoms with Gasteiger partial charge in [0.25, 0.3) is 5.91 Å². The molecule has 1 aromatic heterocycles. The van der Waals surface area contributed by atoms with Gasteiger partial charge < -0.3 is 14.9 Å². The lowest BCUT2D eigenvalue weighted by molar-refractivity contribution is -0.117. The highest BCUT2D eigenvalue weighted by Crippen LogP contribution is 2.31. The van der Waals surface area contributed by atoms with E-state index in [4.69, 9.17) is 11.6 Å². The number of aliphatic hydroxyl groups excluding tert-OH is 1. The van der Waals surface area contributed by atoms with Gasteiger partial charge in [-0.25, -0.2) is 0 Å². The summed E-state index contributed by atoms with van der Waals surface area (Å²) < 4.78 is 0. The van der Waals surface area contributed by atoms with Crippen LogP contribution in [0.4, 0.5) is 11.4 Å². The van der Waals surface area contributed by atoms with Gasteiger partial charge in [0.2, 0.25) is 5.91 Å². The molecule has 1 saturated heterocycles. The normalized spacial score (nSPS) is 19.8. The third-order valence-corrected chi connectivity index (χ3v) is 5.22. The van der Waals surface area contributed by atoms with Gasteiger partial charge in [-0.2, -0.15) is 0 Å². The molecule has 0 bridgehead atoms. The number of rotatable bonds is 3. The summed E-state index contributed by atoms with van der Waals surface area (Å²) in [5, 5.41) is 10.1. The number of fused-ring (bicyclic) bond motifs is 1. The van der Waals surface area contributed by atoms with Crippen molar-refractivity contribution < 1.29 is 14.7 Å². The second-order valence-corrected chi connectivity index (χ2v) is 6.98. The summed E-state index contributed by atoms with van der Waals surface area (Å²) in [5.74, 6) is -0.138. The van der Waals surface area contributed by atoms with Crippen LogP contribution in [0.15, 0.2) is 36.7 Å². The van der Waals surface area contributed by atoms with Crippen LogP contribution < -0.4 is 9.80 Å². The number of hydrogen-bond donors (Lipinski definition) is 1. The Morgan fingerprint density at radius 1 is 1.15 bits per heavy atom. The second-order valence-electron chi connectivity index (χ2n) is 6.55. The van der Waals surface area contributed by atoms with E-state index in [0.717, 1.165) is 5.56 Å². The minimum Gasteiger partial charge on any atom is -0.394 e. The molecule has 4 rings (SSSR count).